The highest BCUT2D eigenvalue weighted by Crippen LogP contribution is 2.50. The second kappa shape index (κ2) is 5.65. The summed E-state index contributed by atoms with van der Waals surface area (Å²) in [6.07, 6.45) is 3.86. The minimum Gasteiger partial charge on any atom is -0.361 e. The van der Waals surface area contributed by atoms with Crippen molar-refractivity contribution in [3.8, 4) is 0 Å². The van der Waals surface area contributed by atoms with Gasteiger partial charge in [-0.25, -0.2) is 9.97 Å². The molecule has 0 spiro atoms. The first kappa shape index (κ1) is 16.5. The predicted molar refractivity (Wildman–Crippen MR) is 89.6 cm³/mol. The van der Waals surface area contributed by atoms with Gasteiger partial charge in [-0.15, -0.1) is 0 Å². The van der Waals surface area contributed by atoms with E-state index >= 15 is 0 Å². The van der Waals surface area contributed by atoms with Crippen LogP contribution in [0.25, 0.3) is 16.6 Å². The molecule has 2 aromatic rings. The van der Waals surface area contributed by atoms with Gasteiger partial charge >= 0.3 is 0 Å². The molecule has 0 bridgehead atoms. The van der Waals surface area contributed by atoms with Gasteiger partial charge in [0.1, 0.15) is 23.9 Å². The number of ether oxygens (including phenoxy) is 1. The maximum absolute atomic E-state index is 13.4. The highest BCUT2D eigenvalue weighted by atomic mass is 35.5. The number of hydrogen-bond acceptors (Lipinski definition) is 3. The lowest BCUT2D eigenvalue weighted by atomic mass is 10.2. The van der Waals surface area contributed by atoms with Crippen LogP contribution in [0.1, 0.15) is 5.56 Å². The molecule has 2 heterocycles. The van der Waals surface area contributed by atoms with Crippen molar-refractivity contribution in [1.82, 2.24) is 14.5 Å². The number of allylic oxidation sites excluding steroid dienone is 2. The maximum atomic E-state index is 13.4. The highest BCUT2D eigenvalue weighted by molar-refractivity contribution is 6.76. The van der Waals surface area contributed by atoms with E-state index in [1.165, 1.54) is 6.33 Å². The smallest absolute Gasteiger partial charge is 0.293 e. The molecular formula is C15H18ClF2N3OSi. The summed E-state index contributed by atoms with van der Waals surface area (Å²) in [6.45, 7) is 7.71. The van der Waals surface area contributed by atoms with Crippen LogP contribution in [0.2, 0.25) is 30.8 Å². The molecule has 0 radical (unpaired) electrons. The Balaban J connectivity index is 1.84. The van der Waals surface area contributed by atoms with Gasteiger partial charge in [0, 0.05) is 32.0 Å². The third kappa shape index (κ3) is 3.46. The van der Waals surface area contributed by atoms with Crippen LogP contribution in [0.5, 0.6) is 0 Å². The van der Waals surface area contributed by atoms with Gasteiger partial charge < -0.3 is 9.30 Å². The van der Waals surface area contributed by atoms with Crippen LogP contribution in [0.3, 0.4) is 0 Å². The zero-order chi connectivity index (χ0) is 16.8. The molecule has 0 fully saturated rings. The third-order valence-electron chi connectivity index (χ3n) is 3.73. The predicted octanol–water partition coefficient (Wildman–Crippen LogP) is 4.43. The topological polar surface area (TPSA) is 39.9 Å². The van der Waals surface area contributed by atoms with Gasteiger partial charge in [0.15, 0.2) is 0 Å². The van der Waals surface area contributed by atoms with Gasteiger partial charge in [-0.05, 0) is 12.1 Å². The second-order valence-corrected chi connectivity index (χ2v) is 12.9. The van der Waals surface area contributed by atoms with Crippen LogP contribution in [0, 0.1) is 0 Å². The molecule has 2 aromatic heterocycles. The number of nitrogens with zero attached hydrogens (tertiary/aromatic N) is 3. The quantitative estimate of drug-likeness (QED) is 0.436. The summed E-state index contributed by atoms with van der Waals surface area (Å²) < 4.78 is 34.2. The molecule has 0 amide bonds. The molecule has 4 nitrogen and oxygen atoms in total. The van der Waals surface area contributed by atoms with Crippen molar-refractivity contribution < 1.29 is 13.5 Å². The first-order valence-corrected chi connectivity index (χ1v) is 11.5. The number of hydrogen-bond donors (Lipinski definition) is 0. The Kier molecular flexibility index (Phi) is 4.06. The summed E-state index contributed by atoms with van der Waals surface area (Å²) in [6, 6.07) is 1.04. The lowest BCUT2D eigenvalue weighted by Gasteiger charge is -2.15. The van der Waals surface area contributed by atoms with Crippen molar-refractivity contribution in [1.29, 1.82) is 0 Å². The first-order valence-electron chi connectivity index (χ1n) is 7.38. The zero-order valence-corrected chi connectivity index (χ0v) is 15.0. The van der Waals surface area contributed by atoms with Crippen molar-refractivity contribution in [3.63, 3.8) is 0 Å². The normalized spacial score (nSPS) is 16.7. The van der Waals surface area contributed by atoms with Crippen molar-refractivity contribution in [3.05, 3.63) is 29.3 Å². The van der Waals surface area contributed by atoms with E-state index in [1.807, 2.05) is 0 Å². The Morgan fingerprint density at radius 1 is 1.30 bits per heavy atom. The number of aromatic nitrogens is 3. The van der Waals surface area contributed by atoms with E-state index in [4.69, 9.17) is 16.3 Å². The lowest BCUT2D eigenvalue weighted by Crippen LogP contribution is -2.22. The first-order chi connectivity index (χ1) is 10.7. The third-order valence-corrected chi connectivity index (χ3v) is 5.72. The van der Waals surface area contributed by atoms with Crippen LogP contribution in [0.4, 0.5) is 8.78 Å². The Morgan fingerprint density at radius 2 is 2.00 bits per heavy atom. The monoisotopic (exact) mass is 357 g/mol. The molecular weight excluding hydrogens is 340 g/mol. The fourth-order valence-electron chi connectivity index (χ4n) is 2.33. The van der Waals surface area contributed by atoms with E-state index in [0.717, 1.165) is 12.1 Å². The van der Waals surface area contributed by atoms with E-state index in [-0.39, 0.29) is 17.5 Å². The van der Waals surface area contributed by atoms with Gasteiger partial charge in [-0.2, -0.15) is 8.78 Å². The largest absolute Gasteiger partial charge is 0.361 e. The lowest BCUT2D eigenvalue weighted by molar-refractivity contribution is 0.0898. The summed E-state index contributed by atoms with van der Waals surface area (Å²) in [5, 5.41) is 0.626. The number of halogens is 3. The molecule has 0 unspecified atom stereocenters. The number of alkyl halides is 2. The minimum atomic E-state index is -2.86. The van der Waals surface area contributed by atoms with Crippen LogP contribution in [-0.4, -0.2) is 35.1 Å². The van der Waals surface area contributed by atoms with Crippen molar-refractivity contribution in [2.45, 2.75) is 38.3 Å². The van der Waals surface area contributed by atoms with E-state index in [1.54, 1.807) is 10.8 Å². The van der Waals surface area contributed by atoms with Crippen LogP contribution >= 0.6 is 11.6 Å². The van der Waals surface area contributed by atoms with Crippen molar-refractivity contribution in [2.24, 2.45) is 0 Å². The summed E-state index contributed by atoms with van der Waals surface area (Å²) in [5.74, 6) is -2.86. The summed E-state index contributed by atoms with van der Waals surface area (Å²) >= 11 is 6.09. The number of fused-ring (bicyclic) bond motifs is 1. The average molecular weight is 358 g/mol. The van der Waals surface area contributed by atoms with Gasteiger partial charge in [0.05, 0.1) is 5.39 Å². The molecule has 23 heavy (non-hydrogen) atoms. The number of rotatable bonds is 6. The molecule has 0 saturated carbocycles. The molecule has 0 aliphatic heterocycles. The molecule has 0 N–H and O–H groups in total. The zero-order valence-electron chi connectivity index (χ0n) is 13.2. The Hall–Kier alpha value is -1.31. The van der Waals surface area contributed by atoms with Gasteiger partial charge in [0.2, 0.25) is 0 Å². The molecule has 0 atom stereocenters. The SMILES string of the molecule is C[Si](C)(C)CCOCn1cc(C2=CC2(F)F)c2c(Cl)ncnc21. The van der Waals surface area contributed by atoms with Crippen molar-refractivity contribution >= 4 is 36.3 Å². The second-order valence-electron chi connectivity index (χ2n) is 6.90. The van der Waals surface area contributed by atoms with E-state index < -0.39 is 14.0 Å². The van der Waals surface area contributed by atoms with E-state index in [0.29, 0.717) is 23.2 Å². The standard InChI is InChI=1S/C15H18ClF2N3OSi/c1-23(2,3)5-4-22-9-21-7-10(11-6-15(11,17)18)12-13(16)19-8-20-14(12)21/h6-8H,4-5,9H2,1-3H3. The minimum absolute atomic E-state index is 0.0277. The van der Waals surface area contributed by atoms with Gasteiger partial charge in [0.25, 0.3) is 5.92 Å². The molecule has 8 heteroatoms. The molecule has 1 aliphatic rings. The molecule has 124 valence electrons. The molecule has 0 saturated heterocycles. The molecule has 1 aliphatic carbocycles. The molecule has 3 rings (SSSR count). The Morgan fingerprint density at radius 3 is 2.61 bits per heavy atom. The Bertz CT molecular complexity index is 783. The van der Waals surface area contributed by atoms with Gasteiger partial charge in [-0.3, -0.25) is 0 Å². The highest BCUT2D eigenvalue weighted by Gasteiger charge is 2.47. The van der Waals surface area contributed by atoms with Crippen LogP contribution in [-0.2, 0) is 11.5 Å². The fourth-order valence-corrected chi connectivity index (χ4v) is 3.32. The Labute approximate surface area is 139 Å². The van der Waals surface area contributed by atoms with Crippen LogP contribution < -0.4 is 0 Å². The summed E-state index contributed by atoms with van der Waals surface area (Å²) in [5.41, 5.74) is 0.862. The molecule has 0 aromatic carbocycles. The fraction of sp³-hybridized carbons (Fsp3) is 0.467. The summed E-state index contributed by atoms with van der Waals surface area (Å²) in [7, 11) is -1.17. The van der Waals surface area contributed by atoms with Gasteiger partial charge in [-0.1, -0.05) is 31.2 Å². The van der Waals surface area contributed by atoms with Crippen LogP contribution in [0.15, 0.2) is 18.6 Å². The average Bonchev–Trinajstić information content (AvgIpc) is 2.91. The summed E-state index contributed by atoms with van der Waals surface area (Å²) in [4.78, 5) is 8.07. The van der Waals surface area contributed by atoms with E-state index in [9.17, 15) is 8.78 Å². The maximum Gasteiger partial charge on any atom is 0.293 e. The van der Waals surface area contributed by atoms with Crippen molar-refractivity contribution in [2.75, 3.05) is 6.61 Å². The van der Waals surface area contributed by atoms with E-state index in [2.05, 4.69) is 29.6 Å².